The zero-order chi connectivity index (χ0) is 13.3. The standard InChI is InChI=1S/C11H11ClO5S/c12-7-1-2-10(9(5-7)11(13)14)17-8-3-4-18(15,16)6-8/h1-2,5,8H,3-4,6H2,(H,13,14). The van der Waals surface area contributed by atoms with Gasteiger partial charge in [-0.15, -0.1) is 0 Å². The van der Waals surface area contributed by atoms with Gasteiger partial charge in [-0.2, -0.15) is 0 Å². The molecule has 1 atom stereocenters. The maximum Gasteiger partial charge on any atom is 0.339 e. The van der Waals surface area contributed by atoms with Crippen molar-refractivity contribution in [2.45, 2.75) is 12.5 Å². The van der Waals surface area contributed by atoms with Crippen molar-refractivity contribution < 1.29 is 23.1 Å². The van der Waals surface area contributed by atoms with Crippen molar-refractivity contribution >= 4 is 27.4 Å². The lowest BCUT2D eigenvalue weighted by atomic mass is 10.2. The van der Waals surface area contributed by atoms with Crippen LogP contribution in [0.1, 0.15) is 16.8 Å². The second kappa shape index (κ2) is 4.78. The fourth-order valence-electron chi connectivity index (χ4n) is 1.81. The van der Waals surface area contributed by atoms with Crippen LogP contribution < -0.4 is 4.74 Å². The third-order valence-electron chi connectivity index (χ3n) is 2.66. The summed E-state index contributed by atoms with van der Waals surface area (Å²) >= 11 is 5.71. The maximum atomic E-state index is 11.3. The van der Waals surface area contributed by atoms with Crippen molar-refractivity contribution in [2.24, 2.45) is 0 Å². The minimum atomic E-state index is -3.06. The Bertz CT molecular complexity index is 581. The molecule has 98 valence electrons. The van der Waals surface area contributed by atoms with Gasteiger partial charge in [-0.05, 0) is 24.6 Å². The highest BCUT2D eigenvalue weighted by atomic mass is 35.5. The number of carboxylic acids is 1. The summed E-state index contributed by atoms with van der Waals surface area (Å²) in [6.45, 7) is 0. The van der Waals surface area contributed by atoms with Gasteiger partial charge in [0.2, 0.25) is 0 Å². The summed E-state index contributed by atoms with van der Waals surface area (Å²) in [5.74, 6) is -1.01. The summed E-state index contributed by atoms with van der Waals surface area (Å²) in [5.41, 5.74) is -0.0632. The fourth-order valence-corrected chi connectivity index (χ4v) is 3.57. The molecule has 1 unspecified atom stereocenters. The number of hydrogen-bond acceptors (Lipinski definition) is 4. The second-order valence-corrected chi connectivity index (χ2v) is 6.75. The van der Waals surface area contributed by atoms with Crippen LogP contribution in [0, 0.1) is 0 Å². The first-order valence-electron chi connectivity index (χ1n) is 5.27. The Labute approximate surface area is 109 Å². The third kappa shape index (κ3) is 2.94. The Hall–Kier alpha value is -1.27. The zero-order valence-electron chi connectivity index (χ0n) is 9.30. The molecule has 7 heteroatoms. The number of hydrogen-bond donors (Lipinski definition) is 1. The number of halogens is 1. The number of rotatable bonds is 3. The Morgan fingerprint density at radius 3 is 2.72 bits per heavy atom. The minimum Gasteiger partial charge on any atom is -0.488 e. The normalized spacial score (nSPS) is 21.7. The Balaban J connectivity index is 2.22. The first-order chi connectivity index (χ1) is 8.37. The third-order valence-corrected chi connectivity index (χ3v) is 4.63. The number of ether oxygens (including phenoxy) is 1. The van der Waals surface area contributed by atoms with Gasteiger partial charge in [0.15, 0.2) is 9.84 Å². The van der Waals surface area contributed by atoms with Crippen molar-refractivity contribution in [3.63, 3.8) is 0 Å². The van der Waals surface area contributed by atoms with E-state index in [0.717, 1.165) is 0 Å². The second-order valence-electron chi connectivity index (χ2n) is 4.09. The van der Waals surface area contributed by atoms with Crippen molar-refractivity contribution in [1.82, 2.24) is 0 Å². The summed E-state index contributed by atoms with van der Waals surface area (Å²) in [5, 5.41) is 9.30. The number of carboxylic acid groups (broad SMARTS) is 1. The van der Waals surface area contributed by atoms with Crippen LogP contribution in [0.25, 0.3) is 0 Å². The summed E-state index contributed by atoms with van der Waals surface area (Å²) in [7, 11) is -3.06. The number of sulfone groups is 1. The predicted octanol–water partition coefficient (Wildman–Crippen LogP) is 1.60. The first kappa shape index (κ1) is 13.2. The van der Waals surface area contributed by atoms with Gasteiger partial charge < -0.3 is 9.84 Å². The van der Waals surface area contributed by atoms with E-state index in [0.29, 0.717) is 11.4 Å². The predicted molar refractivity (Wildman–Crippen MR) is 66.1 cm³/mol. The molecule has 0 radical (unpaired) electrons. The van der Waals surface area contributed by atoms with E-state index in [-0.39, 0.29) is 22.8 Å². The van der Waals surface area contributed by atoms with E-state index in [2.05, 4.69) is 0 Å². The lowest BCUT2D eigenvalue weighted by molar-refractivity contribution is 0.0690. The smallest absolute Gasteiger partial charge is 0.339 e. The highest BCUT2D eigenvalue weighted by Crippen LogP contribution is 2.26. The van der Waals surface area contributed by atoms with Crippen LogP contribution in [0.4, 0.5) is 0 Å². The molecule has 1 aromatic rings. The number of aromatic carboxylic acids is 1. The van der Waals surface area contributed by atoms with Gasteiger partial charge in [-0.25, -0.2) is 13.2 Å². The fraction of sp³-hybridized carbons (Fsp3) is 0.364. The van der Waals surface area contributed by atoms with Gasteiger partial charge >= 0.3 is 5.97 Å². The van der Waals surface area contributed by atoms with Crippen LogP contribution in [0.15, 0.2) is 18.2 Å². The molecule has 0 spiro atoms. The monoisotopic (exact) mass is 290 g/mol. The minimum absolute atomic E-state index is 0.0632. The highest BCUT2D eigenvalue weighted by Gasteiger charge is 2.30. The van der Waals surface area contributed by atoms with E-state index in [1.54, 1.807) is 0 Å². The van der Waals surface area contributed by atoms with E-state index in [1.807, 2.05) is 0 Å². The molecule has 1 N–H and O–H groups in total. The van der Waals surface area contributed by atoms with Gasteiger partial charge in [-0.3, -0.25) is 0 Å². The molecule has 0 amide bonds. The molecule has 5 nitrogen and oxygen atoms in total. The topological polar surface area (TPSA) is 80.7 Å². The molecule has 1 fully saturated rings. The molecule has 0 aromatic heterocycles. The molecule has 1 heterocycles. The summed E-state index contributed by atoms with van der Waals surface area (Å²) in [6, 6.07) is 4.23. The SMILES string of the molecule is O=C(O)c1cc(Cl)ccc1OC1CCS(=O)(=O)C1. The summed E-state index contributed by atoms with van der Waals surface area (Å²) < 4.78 is 28.0. The highest BCUT2D eigenvalue weighted by molar-refractivity contribution is 7.91. The Morgan fingerprint density at radius 1 is 1.44 bits per heavy atom. The molecule has 1 saturated heterocycles. The van der Waals surface area contributed by atoms with Crippen molar-refractivity contribution in [1.29, 1.82) is 0 Å². The van der Waals surface area contributed by atoms with E-state index in [9.17, 15) is 13.2 Å². The quantitative estimate of drug-likeness (QED) is 0.914. The Kier molecular flexibility index (Phi) is 3.49. The maximum absolute atomic E-state index is 11.3. The molecule has 1 aliphatic rings. The van der Waals surface area contributed by atoms with E-state index in [4.69, 9.17) is 21.4 Å². The average molecular weight is 291 g/mol. The largest absolute Gasteiger partial charge is 0.488 e. The van der Waals surface area contributed by atoms with Crippen molar-refractivity contribution in [2.75, 3.05) is 11.5 Å². The van der Waals surface area contributed by atoms with Crippen LogP contribution in [0.5, 0.6) is 5.75 Å². The van der Waals surface area contributed by atoms with Gasteiger partial charge in [0.1, 0.15) is 17.4 Å². The van der Waals surface area contributed by atoms with Gasteiger partial charge in [-0.1, -0.05) is 11.6 Å². The van der Waals surface area contributed by atoms with E-state index >= 15 is 0 Å². The van der Waals surface area contributed by atoms with Crippen LogP contribution >= 0.6 is 11.6 Å². The van der Waals surface area contributed by atoms with Crippen molar-refractivity contribution in [3.05, 3.63) is 28.8 Å². The van der Waals surface area contributed by atoms with Gasteiger partial charge in [0.05, 0.1) is 11.5 Å². The van der Waals surface area contributed by atoms with Crippen molar-refractivity contribution in [3.8, 4) is 5.75 Å². The molecule has 0 bridgehead atoms. The van der Waals surface area contributed by atoms with Crippen LogP contribution in [0.2, 0.25) is 5.02 Å². The zero-order valence-corrected chi connectivity index (χ0v) is 10.9. The average Bonchev–Trinajstić information content (AvgIpc) is 2.60. The lowest BCUT2D eigenvalue weighted by Gasteiger charge is -2.14. The number of carbonyl (C=O) groups is 1. The molecule has 1 aromatic carbocycles. The van der Waals surface area contributed by atoms with Crippen LogP contribution in [-0.4, -0.2) is 37.1 Å². The number of benzene rings is 1. The van der Waals surface area contributed by atoms with Gasteiger partial charge in [0, 0.05) is 5.02 Å². The molecule has 2 rings (SSSR count). The summed E-state index contributed by atoms with van der Waals surface area (Å²) in [6.07, 6.45) is -0.112. The van der Waals surface area contributed by atoms with E-state index < -0.39 is 21.9 Å². The van der Waals surface area contributed by atoms with Crippen LogP contribution in [0.3, 0.4) is 0 Å². The molecule has 0 saturated carbocycles. The van der Waals surface area contributed by atoms with Gasteiger partial charge in [0.25, 0.3) is 0 Å². The molecule has 18 heavy (non-hydrogen) atoms. The molecule has 0 aliphatic carbocycles. The van der Waals surface area contributed by atoms with E-state index in [1.165, 1.54) is 18.2 Å². The van der Waals surface area contributed by atoms with Crippen LogP contribution in [-0.2, 0) is 9.84 Å². The molecular weight excluding hydrogens is 280 g/mol. The summed E-state index contributed by atoms with van der Waals surface area (Å²) in [4.78, 5) is 11.0. The molecular formula is C11H11ClO5S. The molecule has 1 aliphatic heterocycles. The first-order valence-corrected chi connectivity index (χ1v) is 7.47. The Morgan fingerprint density at radius 2 is 2.17 bits per heavy atom. The lowest BCUT2D eigenvalue weighted by Crippen LogP contribution is -2.19.